The summed E-state index contributed by atoms with van der Waals surface area (Å²) in [6, 6.07) is 9.53. The molecule has 8 nitrogen and oxygen atoms in total. The summed E-state index contributed by atoms with van der Waals surface area (Å²) < 4.78 is 16.9. The third kappa shape index (κ3) is 5.07. The number of hydrogen-bond acceptors (Lipinski definition) is 6. The molecule has 1 aliphatic heterocycles. The summed E-state index contributed by atoms with van der Waals surface area (Å²) in [6.45, 7) is 2.89. The molecule has 166 valence electrons. The number of nitro groups is 1. The van der Waals surface area contributed by atoms with Crippen molar-refractivity contribution in [3.8, 4) is 17.2 Å². The van der Waals surface area contributed by atoms with Crippen LogP contribution >= 0.6 is 0 Å². The smallest absolute Gasteiger partial charge is 0.269 e. The fraction of sp³-hybridized carbons (Fsp3) is 0.435. The Labute approximate surface area is 181 Å². The average molecular weight is 428 g/mol. The van der Waals surface area contributed by atoms with Crippen molar-refractivity contribution in [3.05, 3.63) is 57.6 Å². The van der Waals surface area contributed by atoms with E-state index in [-0.39, 0.29) is 24.2 Å². The van der Waals surface area contributed by atoms with Crippen molar-refractivity contribution in [2.75, 3.05) is 27.4 Å². The van der Waals surface area contributed by atoms with Gasteiger partial charge in [-0.25, -0.2) is 0 Å². The first kappa shape index (κ1) is 22.4. The van der Waals surface area contributed by atoms with Gasteiger partial charge < -0.3 is 19.1 Å². The molecule has 1 heterocycles. The Morgan fingerprint density at radius 1 is 1.16 bits per heavy atom. The van der Waals surface area contributed by atoms with Gasteiger partial charge in [-0.2, -0.15) is 0 Å². The number of hydrogen-bond donors (Lipinski definition) is 0. The Kier molecular flexibility index (Phi) is 7.33. The molecule has 0 aliphatic carbocycles. The minimum atomic E-state index is -0.449. The molecule has 8 heteroatoms. The number of carbonyl (C=O) groups is 1. The maximum absolute atomic E-state index is 12.9. The van der Waals surface area contributed by atoms with Gasteiger partial charge in [0.1, 0.15) is 12.4 Å². The van der Waals surface area contributed by atoms with Gasteiger partial charge in [0.15, 0.2) is 11.5 Å². The highest BCUT2D eigenvalue weighted by atomic mass is 16.6. The number of non-ortho nitro benzene ring substituents is 1. The molecule has 1 amide bonds. The van der Waals surface area contributed by atoms with Crippen LogP contribution in [0.2, 0.25) is 0 Å². The minimum absolute atomic E-state index is 0.00330. The van der Waals surface area contributed by atoms with E-state index in [1.165, 1.54) is 12.1 Å². The van der Waals surface area contributed by atoms with E-state index < -0.39 is 4.92 Å². The van der Waals surface area contributed by atoms with Crippen molar-refractivity contribution in [1.29, 1.82) is 0 Å². The minimum Gasteiger partial charge on any atom is -0.493 e. The number of nitrogens with zero attached hydrogens (tertiary/aromatic N) is 2. The van der Waals surface area contributed by atoms with E-state index in [1.54, 1.807) is 26.4 Å². The fourth-order valence-corrected chi connectivity index (χ4v) is 3.82. The van der Waals surface area contributed by atoms with Crippen molar-refractivity contribution in [3.63, 3.8) is 0 Å². The molecule has 0 N–H and O–H groups in total. The van der Waals surface area contributed by atoms with Crippen LogP contribution in [0.3, 0.4) is 0 Å². The van der Waals surface area contributed by atoms with Crippen LogP contribution in [0.5, 0.6) is 17.2 Å². The zero-order valence-electron chi connectivity index (χ0n) is 18.1. The molecule has 1 atom stereocenters. The SMILES string of the molecule is CCCCC(=O)N1CCc2cc(OC)c(OC)cc2[C@H]1COc1ccc([N+](=O)[O-])cc1. The normalized spacial score (nSPS) is 15.2. The molecule has 1 aliphatic rings. The number of carbonyl (C=O) groups excluding carboxylic acids is 1. The number of fused-ring (bicyclic) bond motifs is 1. The summed E-state index contributed by atoms with van der Waals surface area (Å²) in [6.07, 6.45) is 3.00. The summed E-state index contributed by atoms with van der Waals surface area (Å²) in [5, 5.41) is 10.9. The van der Waals surface area contributed by atoms with E-state index in [1.807, 2.05) is 17.0 Å². The van der Waals surface area contributed by atoms with Crippen LogP contribution in [0.1, 0.15) is 43.4 Å². The molecule has 0 fully saturated rings. The number of methoxy groups -OCH3 is 2. The van der Waals surface area contributed by atoms with Crippen molar-refractivity contribution in [2.45, 2.75) is 38.6 Å². The standard InChI is InChI=1S/C23H28N2O6/c1-4-5-6-23(26)24-12-11-16-13-21(29-2)22(30-3)14-19(16)20(24)15-31-18-9-7-17(8-10-18)25(27)28/h7-10,13-14,20H,4-6,11-12,15H2,1-3H3/t20-/m1/s1. The molecule has 2 aromatic rings. The van der Waals surface area contributed by atoms with Gasteiger partial charge >= 0.3 is 0 Å². The van der Waals surface area contributed by atoms with Gasteiger partial charge in [0.2, 0.25) is 5.91 Å². The number of amides is 1. The highest BCUT2D eigenvalue weighted by molar-refractivity contribution is 5.77. The molecule has 3 rings (SSSR count). The molecule has 0 bridgehead atoms. The zero-order chi connectivity index (χ0) is 22.4. The van der Waals surface area contributed by atoms with Crippen LogP contribution in [-0.2, 0) is 11.2 Å². The summed E-state index contributed by atoms with van der Waals surface area (Å²) >= 11 is 0. The average Bonchev–Trinajstić information content (AvgIpc) is 2.79. The Morgan fingerprint density at radius 3 is 2.45 bits per heavy atom. The first-order valence-corrected chi connectivity index (χ1v) is 10.4. The molecule has 0 saturated carbocycles. The van der Waals surface area contributed by atoms with E-state index in [0.29, 0.717) is 30.2 Å². The number of ether oxygens (including phenoxy) is 3. The lowest BCUT2D eigenvalue weighted by atomic mass is 9.91. The van der Waals surface area contributed by atoms with E-state index in [2.05, 4.69) is 6.92 Å². The zero-order valence-corrected chi connectivity index (χ0v) is 18.1. The number of nitro benzene ring substituents is 1. The molecule has 0 radical (unpaired) electrons. The van der Waals surface area contributed by atoms with Gasteiger partial charge in [-0.05, 0) is 48.2 Å². The second-order valence-corrected chi connectivity index (χ2v) is 7.42. The quantitative estimate of drug-likeness (QED) is 0.437. The molecule has 0 spiro atoms. The summed E-state index contributed by atoms with van der Waals surface area (Å²) in [5.74, 6) is 1.87. The van der Waals surface area contributed by atoms with Crippen molar-refractivity contribution >= 4 is 11.6 Å². The van der Waals surface area contributed by atoms with Crippen LogP contribution in [0, 0.1) is 10.1 Å². The van der Waals surface area contributed by atoms with Gasteiger partial charge in [0.25, 0.3) is 5.69 Å². The van der Waals surface area contributed by atoms with E-state index in [0.717, 1.165) is 30.4 Å². The Hall–Kier alpha value is -3.29. The molecule has 0 unspecified atom stereocenters. The summed E-state index contributed by atoms with van der Waals surface area (Å²) in [5.41, 5.74) is 2.06. The van der Waals surface area contributed by atoms with Crippen molar-refractivity contribution < 1.29 is 23.9 Å². The summed E-state index contributed by atoms with van der Waals surface area (Å²) in [7, 11) is 3.18. The van der Waals surface area contributed by atoms with Crippen molar-refractivity contribution in [2.24, 2.45) is 0 Å². The highest BCUT2D eigenvalue weighted by Gasteiger charge is 2.32. The van der Waals surface area contributed by atoms with Gasteiger partial charge in [-0.15, -0.1) is 0 Å². The van der Waals surface area contributed by atoms with Crippen LogP contribution in [0.4, 0.5) is 5.69 Å². The van der Waals surface area contributed by atoms with E-state index in [9.17, 15) is 14.9 Å². The largest absolute Gasteiger partial charge is 0.493 e. The number of rotatable bonds is 9. The number of benzene rings is 2. The second-order valence-electron chi connectivity index (χ2n) is 7.42. The molecule has 2 aromatic carbocycles. The van der Waals surface area contributed by atoms with E-state index in [4.69, 9.17) is 14.2 Å². The molecule has 0 saturated heterocycles. The maximum Gasteiger partial charge on any atom is 0.269 e. The van der Waals surface area contributed by atoms with Crippen LogP contribution in [-0.4, -0.2) is 43.1 Å². The Balaban J connectivity index is 1.89. The monoisotopic (exact) mass is 428 g/mol. The molecular formula is C23H28N2O6. The van der Waals surface area contributed by atoms with Gasteiger partial charge in [0.05, 0.1) is 25.2 Å². The van der Waals surface area contributed by atoms with Crippen LogP contribution < -0.4 is 14.2 Å². The number of unbranched alkanes of at least 4 members (excludes halogenated alkanes) is 1. The lowest BCUT2D eigenvalue weighted by molar-refractivity contribution is -0.384. The van der Waals surface area contributed by atoms with Gasteiger partial charge in [-0.3, -0.25) is 14.9 Å². The van der Waals surface area contributed by atoms with Crippen LogP contribution in [0.25, 0.3) is 0 Å². The lowest BCUT2D eigenvalue weighted by Gasteiger charge is -2.37. The third-order valence-corrected chi connectivity index (χ3v) is 5.52. The molecule has 0 aromatic heterocycles. The first-order chi connectivity index (χ1) is 15.0. The molecule has 31 heavy (non-hydrogen) atoms. The highest BCUT2D eigenvalue weighted by Crippen LogP contribution is 2.38. The topological polar surface area (TPSA) is 91.1 Å². The van der Waals surface area contributed by atoms with Crippen LogP contribution in [0.15, 0.2) is 36.4 Å². The predicted octanol–water partition coefficient (Wildman–Crippen LogP) is 4.31. The fourth-order valence-electron chi connectivity index (χ4n) is 3.82. The van der Waals surface area contributed by atoms with E-state index >= 15 is 0 Å². The second kappa shape index (κ2) is 10.1. The molecular weight excluding hydrogens is 400 g/mol. The van der Waals surface area contributed by atoms with Gasteiger partial charge in [-0.1, -0.05) is 13.3 Å². The van der Waals surface area contributed by atoms with Gasteiger partial charge in [0, 0.05) is 25.1 Å². The Bertz CT molecular complexity index is 928. The van der Waals surface area contributed by atoms with Crippen molar-refractivity contribution in [1.82, 2.24) is 4.90 Å². The predicted molar refractivity (Wildman–Crippen MR) is 116 cm³/mol. The lowest BCUT2D eigenvalue weighted by Crippen LogP contribution is -2.42. The third-order valence-electron chi connectivity index (χ3n) is 5.52. The first-order valence-electron chi connectivity index (χ1n) is 10.4. The maximum atomic E-state index is 12.9. The Morgan fingerprint density at radius 2 is 1.84 bits per heavy atom. The summed E-state index contributed by atoms with van der Waals surface area (Å²) in [4.78, 5) is 25.2.